The van der Waals surface area contributed by atoms with Crippen molar-refractivity contribution in [2.24, 2.45) is 5.73 Å². The van der Waals surface area contributed by atoms with Gasteiger partial charge in [-0.15, -0.1) is 0 Å². The van der Waals surface area contributed by atoms with E-state index in [1.807, 2.05) is 24.3 Å². The minimum absolute atomic E-state index is 0.127. The van der Waals surface area contributed by atoms with Crippen molar-refractivity contribution in [3.63, 3.8) is 0 Å². The quantitative estimate of drug-likeness (QED) is 0.221. The van der Waals surface area contributed by atoms with E-state index in [-0.39, 0.29) is 29.9 Å². The molecule has 0 amide bonds. The predicted molar refractivity (Wildman–Crippen MR) is 143 cm³/mol. The van der Waals surface area contributed by atoms with E-state index >= 15 is 0 Å². The van der Waals surface area contributed by atoms with Crippen molar-refractivity contribution in [3.05, 3.63) is 154 Å². The first-order valence-electron chi connectivity index (χ1n) is 12.5. The predicted octanol–water partition coefficient (Wildman–Crippen LogP) is 9.48. The highest BCUT2D eigenvalue weighted by atomic mass is 19.4. The molecule has 0 aromatic heterocycles. The summed E-state index contributed by atoms with van der Waals surface area (Å²) in [6.07, 6.45) is -14.4. The molecule has 4 rings (SSSR count). The van der Waals surface area contributed by atoms with Crippen molar-refractivity contribution in [3.8, 4) is 0 Å². The molecule has 0 spiro atoms. The van der Waals surface area contributed by atoms with Crippen LogP contribution in [0.5, 0.6) is 0 Å². The van der Waals surface area contributed by atoms with Gasteiger partial charge in [-0.3, -0.25) is 0 Å². The molecule has 10 heteroatoms. The molecule has 0 unspecified atom stereocenters. The van der Waals surface area contributed by atoms with Crippen LogP contribution in [0.1, 0.15) is 44.5 Å². The summed E-state index contributed by atoms with van der Waals surface area (Å²) >= 11 is 0. The molecule has 4 aromatic rings. The Morgan fingerprint density at radius 1 is 0.548 bits per heavy atom. The number of halogens is 9. The molecule has 0 atom stereocenters. The Morgan fingerprint density at radius 2 is 1.10 bits per heavy atom. The normalized spacial score (nSPS) is 12.2. The molecule has 2 N–H and O–H groups in total. The molecule has 0 aliphatic rings. The summed E-state index contributed by atoms with van der Waals surface area (Å²) in [7, 11) is 0. The van der Waals surface area contributed by atoms with Gasteiger partial charge >= 0.3 is 18.5 Å². The minimum atomic E-state index is -4.73. The SMILES string of the molecule is FC(F)(F)c1ccc(C[C](Cc2cccc(C(F)(F)F)c2)c2ccccc2C(F)(F)F)cc1.[CH2]c1ccc(CN)cc1. The van der Waals surface area contributed by atoms with Crippen molar-refractivity contribution in [2.45, 2.75) is 37.9 Å². The Morgan fingerprint density at radius 3 is 1.64 bits per heavy atom. The fourth-order valence-corrected chi connectivity index (χ4v) is 4.13. The van der Waals surface area contributed by atoms with Gasteiger partial charge in [0, 0.05) is 12.5 Å². The van der Waals surface area contributed by atoms with E-state index in [9.17, 15) is 39.5 Å². The van der Waals surface area contributed by atoms with E-state index in [1.165, 1.54) is 24.3 Å². The van der Waals surface area contributed by atoms with Gasteiger partial charge in [0.2, 0.25) is 0 Å². The summed E-state index contributed by atoms with van der Waals surface area (Å²) < 4.78 is 119. The molecule has 4 aromatic carbocycles. The first kappa shape index (κ1) is 32.7. The van der Waals surface area contributed by atoms with Gasteiger partial charge in [0.15, 0.2) is 0 Å². The maximum atomic E-state index is 13.6. The van der Waals surface area contributed by atoms with E-state index in [1.54, 1.807) is 0 Å². The molecule has 42 heavy (non-hydrogen) atoms. The number of alkyl halides is 9. The highest BCUT2D eigenvalue weighted by Gasteiger charge is 2.36. The second-order valence-corrected chi connectivity index (χ2v) is 9.41. The zero-order valence-electron chi connectivity index (χ0n) is 22.0. The zero-order chi connectivity index (χ0) is 31.1. The van der Waals surface area contributed by atoms with E-state index in [0.29, 0.717) is 12.1 Å². The lowest BCUT2D eigenvalue weighted by Gasteiger charge is -2.22. The number of rotatable bonds is 6. The maximum absolute atomic E-state index is 13.6. The van der Waals surface area contributed by atoms with Crippen LogP contribution in [0, 0.1) is 12.8 Å². The molecule has 0 aliphatic heterocycles. The third-order valence-corrected chi connectivity index (χ3v) is 6.24. The van der Waals surface area contributed by atoms with Gasteiger partial charge < -0.3 is 5.73 Å². The van der Waals surface area contributed by atoms with Crippen LogP contribution < -0.4 is 5.73 Å². The van der Waals surface area contributed by atoms with Gasteiger partial charge in [-0.05, 0) is 71.8 Å². The van der Waals surface area contributed by atoms with Crippen LogP contribution in [0.3, 0.4) is 0 Å². The standard InChI is InChI=1S/C24H16F9.C8H10N/c25-22(26,27)18-10-8-15(9-11-18)12-17(20-6-1-2-7-21(20)24(31,32)33)13-16-4-3-5-19(14-16)23(28,29)30;1-7-2-4-8(6-9)5-3-7/h1-11,14H,12-13H2;2-5H,1,6,9H2. The molecule has 0 saturated heterocycles. The summed E-state index contributed by atoms with van der Waals surface area (Å²) in [4.78, 5) is 0. The van der Waals surface area contributed by atoms with Crippen molar-refractivity contribution >= 4 is 0 Å². The van der Waals surface area contributed by atoms with Crippen LogP contribution in [0.25, 0.3) is 0 Å². The van der Waals surface area contributed by atoms with Gasteiger partial charge in [0.25, 0.3) is 0 Å². The fraction of sp³-hybridized carbons (Fsp3) is 0.188. The molecular weight excluding hydrogens is 569 g/mol. The largest absolute Gasteiger partial charge is 0.416 e. The fourth-order valence-electron chi connectivity index (χ4n) is 4.13. The Bertz CT molecular complexity index is 1420. The highest BCUT2D eigenvalue weighted by molar-refractivity contribution is 5.45. The van der Waals surface area contributed by atoms with Crippen LogP contribution in [-0.2, 0) is 37.9 Å². The van der Waals surface area contributed by atoms with Crippen molar-refractivity contribution in [2.75, 3.05) is 0 Å². The number of hydrogen-bond acceptors (Lipinski definition) is 1. The number of hydrogen-bond donors (Lipinski definition) is 1. The molecule has 2 radical (unpaired) electrons. The van der Waals surface area contributed by atoms with E-state index < -0.39 is 35.2 Å². The third kappa shape index (κ3) is 9.37. The summed E-state index contributed by atoms with van der Waals surface area (Å²) in [5, 5.41) is 0. The topological polar surface area (TPSA) is 26.0 Å². The van der Waals surface area contributed by atoms with Crippen molar-refractivity contribution < 1.29 is 39.5 Å². The van der Waals surface area contributed by atoms with Gasteiger partial charge in [-0.25, -0.2) is 0 Å². The molecule has 1 nitrogen and oxygen atoms in total. The number of nitrogens with two attached hydrogens (primary N) is 1. The van der Waals surface area contributed by atoms with Crippen LogP contribution in [0.15, 0.2) is 97.1 Å². The second kappa shape index (κ2) is 13.5. The first-order chi connectivity index (χ1) is 19.6. The Balaban J connectivity index is 0.000000458. The second-order valence-electron chi connectivity index (χ2n) is 9.41. The van der Waals surface area contributed by atoms with E-state index in [2.05, 4.69) is 6.92 Å². The zero-order valence-corrected chi connectivity index (χ0v) is 22.0. The van der Waals surface area contributed by atoms with Gasteiger partial charge in [0.05, 0.1) is 16.7 Å². The molecule has 0 fully saturated rings. The molecular formula is C32H26F9N. The van der Waals surface area contributed by atoms with E-state index in [4.69, 9.17) is 5.73 Å². The summed E-state index contributed by atoms with van der Waals surface area (Å²) in [5.41, 5.74) is 4.94. The van der Waals surface area contributed by atoms with Crippen LogP contribution in [-0.4, -0.2) is 0 Å². The summed E-state index contributed by atoms with van der Waals surface area (Å²) in [6.45, 7) is 4.37. The van der Waals surface area contributed by atoms with Crippen molar-refractivity contribution in [1.82, 2.24) is 0 Å². The monoisotopic (exact) mass is 595 g/mol. The van der Waals surface area contributed by atoms with Gasteiger partial charge in [0.1, 0.15) is 0 Å². The Kier molecular flexibility index (Phi) is 10.5. The molecule has 0 aliphatic carbocycles. The lowest BCUT2D eigenvalue weighted by molar-refractivity contribution is -0.138. The van der Waals surface area contributed by atoms with E-state index in [0.717, 1.165) is 59.7 Å². The van der Waals surface area contributed by atoms with Crippen molar-refractivity contribution in [1.29, 1.82) is 0 Å². The lowest BCUT2D eigenvalue weighted by atomic mass is 9.83. The summed E-state index contributed by atoms with van der Waals surface area (Å²) in [5.74, 6) is 0.127. The lowest BCUT2D eigenvalue weighted by Crippen LogP contribution is -2.16. The first-order valence-corrected chi connectivity index (χ1v) is 12.5. The van der Waals surface area contributed by atoms with Crippen LogP contribution in [0.4, 0.5) is 39.5 Å². The average Bonchev–Trinajstić information content (AvgIpc) is 2.92. The molecule has 0 bridgehead atoms. The number of benzene rings is 4. The maximum Gasteiger partial charge on any atom is 0.416 e. The van der Waals surface area contributed by atoms with Crippen LogP contribution in [0.2, 0.25) is 0 Å². The Labute approximate surface area is 237 Å². The minimum Gasteiger partial charge on any atom is -0.326 e. The summed E-state index contributed by atoms with van der Waals surface area (Å²) in [6, 6.07) is 20.6. The third-order valence-electron chi connectivity index (χ3n) is 6.24. The molecule has 0 heterocycles. The van der Waals surface area contributed by atoms with Gasteiger partial charge in [-0.2, -0.15) is 39.5 Å². The molecule has 0 saturated carbocycles. The highest BCUT2D eigenvalue weighted by Crippen LogP contribution is 2.38. The van der Waals surface area contributed by atoms with Gasteiger partial charge in [-0.1, -0.05) is 72.8 Å². The smallest absolute Gasteiger partial charge is 0.326 e. The van der Waals surface area contributed by atoms with Crippen LogP contribution >= 0.6 is 0 Å². The Hall–Kier alpha value is -3.79. The average molecular weight is 596 g/mol. The molecule has 222 valence electrons.